The molecule has 0 unspecified atom stereocenters. The van der Waals surface area contributed by atoms with Crippen molar-refractivity contribution in [3.8, 4) is 16.9 Å². The van der Waals surface area contributed by atoms with Gasteiger partial charge >= 0.3 is 0 Å². The second-order valence-corrected chi connectivity index (χ2v) is 9.64. The first-order valence-electron chi connectivity index (χ1n) is 12.5. The Kier molecular flexibility index (Phi) is 8.13. The molecule has 1 heterocycles. The first kappa shape index (κ1) is 25.5. The number of nitrogens with zero attached hydrogens (tertiary/aromatic N) is 3. The molecule has 1 aliphatic rings. The van der Waals surface area contributed by atoms with Gasteiger partial charge in [0.25, 0.3) is 0 Å². The summed E-state index contributed by atoms with van der Waals surface area (Å²) < 4.78 is 5.99. The molecule has 7 nitrogen and oxygen atoms in total. The average molecular weight is 489 g/mol. The number of hydrogen-bond donors (Lipinski definition) is 3. The van der Waals surface area contributed by atoms with Crippen LogP contribution in [0.2, 0.25) is 0 Å². The van der Waals surface area contributed by atoms with Crippen LogP contribution in [0.4, 0.5) is 17.1 Å². The molecular weight excluding hydrogens is 448 g/mol. The van der Waals surface area contributed by atoms with Crippen molar-refractivity contribution in [3.63, 3.8) is 0 Å². The lowest BCUT2D eigenvalue weighted by molar-refractivity contribution is 0.134. The Labute approximate surface area is 216 Å². The van der Waals surface area contributed by atoms with E-state index >= 15 is 0 Å². The SMILES string of the molecule is Cc1cc(-c2c(C)cccc2C)cc(N)c1N=C(N)Nc1cccc(OCCN2CCN(C)CC2)c1.[HH]. The lowest BCUT2D eigenvalue weighted by Gasteiger charge is -2.32. The normalized spacial score (nSPS) is 15.2. The molecule has 1 aliphatic heterocycles. The highest BCUT2D eigenvalue weighted by Gasteiger charge is 2.14. The Balaban J connectivity index is 0.00000380. The second-order valence-electron chi connectivity index (χ2n) is 9.64. The van der Waals surface area contributed by atoms with E-state index in [0.29, 0.717) is 18.0 Å². The molecule has 192 valence electrons. The lowest BCUT2D eigenvalue weighted by atomic mass is 9.94. The lowest BCUT2D eigenvalue weighted by Crippen LogP contribution is -2.45. The maximum Gasteiger partial charge on any atom is 0.198 e. The summed E-state index contributed by atoms with van der Waals surface area (Å²) in [6.07, 6.45) is 0. The van der Waals surface area contributed by atoms with Crippen LogP contribution < -0.4 is 21.5 Å². The summed E-state index contributed by atoms with van der Waals surface area (Å²) in [4.78, 5) is 9.39. The highest BCUT2D eigenvalue weighted by molar-refractivity contribution is 5.96. The summed E-state index contributed by atoms with van der Waals surface area (Å²) in [5.41, 5.74) is 20.5. The van der Waals surface area contributed by atoms with Crippen molar-refractivity contribution in [2.24, 2.45) is 10.7 Å². The molecule has 0 bridgehead atoms. The van der Waals surface area contributed by atoms with Gasteiger partial charge < -0.3 is 26.4 Å². The predicted molar refractivity (Wildman–Crippen MR) is 153 cm³/mol. The molecule has 0 spiro atoms. The number of likely N-dealkylation sites (N-methyl/N-ethyl adjacent to an activating group) is 1. The maximum atomic E-state index is 6.43. The van der Waals surface area contributed by atoms with E-state index in [1.165, 1.54) is 16.7 Å². The minimum Gasteiger partial charge on any atom is -0.492 e. The van der Waals surface area contributed by atoms with Crippen LogP contribution in [0.3, 0.4) is 0 Å². The van der Waals surface area contributed by atoms with Gasteiger partial charge in [-0.2, -0.15) is 0 Å². The van der Waals surface area contributed by atoms with Gasteiger partial charge in [-0.25, -0.2) is 4.99 Å². The van der Waals surface area contributed by atoms with E-state index in [2.05, 4.69) is 65.3 Å². The third kappa shape index (κ3) is 6.36. The van der Waals surface area contributed by atoms with Gasteiger partial charge in [0.15, 0.2) is 5.96 Å². The zero-order chi connectivity index (χ0) is 25.7. The van der Waals surface area contributed by atoms with E-state index in [9.17, 15) is 0 Å². The Bertz CT molecular complexity index is 1190. The quantitative estimate of drug-likeness (QED) is 0.252. The van der Waals surface area contributed by atoms with Crippen LogP contribution in [0.25, 0.3) is 11.1 Å². The van der Waals surface area contributed by atoms with Crippen molar-refractivity contribution in [3.05, 3.63) is 71.3 Å². The number of aryl methyl sites for hydroxylation is 3. The minimum atomic E-state index is 0. The Morgan fingerprint density at radius 1 is 0.972 bits per heavy atom. The topological polar surface area (TPSA) is 92.1 Å². The number of guanidine groups is 1. The Morgan fingerprint density at radius 3 is 2.36 bits per heavy atom. The molecule has 7 heteroatoms. The van der Waals surface area contributed by atoms with E-state index in [1.807, 2.05) is 37.3 Å². The number of rotatable bonds is 7. The summed E-state index contributed by atoms with van der Waals surface area (Å²) in [6.45, 7) is 12.2. The fourth-order valence-corrected chi connectivity index (χ4v) is 4.70. The van der Waals surface area contributed by atoms with Gasteiger partial charge in [-0.15, -0.1) is 0 Å². The molecule has 3 aromatic carbocycles. The largest absolute Gasteiger partial charge is 0.492 e. The monoisotopic (exact) mass is 488 g/mol. The molecule has 0 aromatic heterocycles. The summed E-state index contributed by atoms with van der Waals surface area (Å²) in [6, 6.07) is 18.2. The molecule has 0 saturated carbocycles. The van der Waals surface area contributed by atoms with Crippen LogP contribution >= 0.6 is 0 Å². The fraction of sp³-hybridized carbons (Fsp3) is 0.345. The molecule has 5 N–H and O–H groups in total. The summed E-state index contributed by atoms with van der Waals surface area (Å²) in [5, 5.41) is 3.17. The maximum absolute atomic E-state index is 6.43. The highest BCUT2D eigenvalue weighted by Crippen LogP contribution is 2.35. The Morgan fingerprint density at radius 2 is 1.67 bits per heavy atom. The van der Waals surface area contributed by atoms with Crippen molar-refractivity contribution in [1.82, 2.24) is 9.80 Å². The van der Waals surface area contributed by atoms with Crippen molar-refractivity contribution in [2.75, 3.05) is 57.4 Å². The van der Waals surface area contributed by atoms with E-state index in [-0.39, 0.29) is 7.39 Å². The molecule has 1 fully saturated rings. The van der Waals surface area contributed by atoms with Crippen LogP contribution in [-0.2, 0) is 0 Å². The van der Waals surface area contributed by atoms with Gasteiger partial charge in [0.2, 0.25) is 0 Å². The smallest absolute Gasteiger partial charge is 0.198 e. The van der Waals surface area contributed by atoms with Gasteiger partial charge in [0.05, 0.1) is 11.4 Å². The van der Waals surface area contributed by atoms with Crippen LogP contribution in [0.15, 0.2) is 59.6 Å². The number of piperazine rings is 1. The molecule has 0 radical (unpaired) electrons. The highest BCUT2D eigenvalue weighted by atomic mass is 16.5. The number of benzene rings is 3. The Hall–Kier alpha value is -3.55. The van der Waals surface area contributed by atoms with Crippen LogP contribution in [0.1, 0.15) is 18.1 Å². The molecule has 0 aliphatic carbocycles. The van der Waals surface area contributed by atoms with E-state index in [1.54, 1.807) is 0 Å². The third-order valence-corrected chi connectivity index (χ3v) is 6.71. The van der Waals surface area contributed by atoms with Gasteiger partial charge in [-0.05, 0) is 79.9 Å². The summed E-state index contributed by atoms with van der Waals surface area (Å²) in [7, 11) is 2.17. The summed E-state index contributed by atoms with van der Waals surface area (Å²) in [5.74, 6) is 1.08. The molecule has 4 rings (SSSR count). The number of nitrogen functional groups attached to an aromatic ring is 1. The van der Waals surface area contributed by atoms with Gasteiger partial charge in [-0.3, -0.25) is 4.90 Å². The van der Waals surface area contributed by atoms with Gasteiger partial charge in [-0.1, -0.05) is 24.3 Å². The first-order chi connectivity index (χ1) is 17.3. The number of hydrogen-bond acceptors (Lipinski definition) is 5. The zero-order valence-corrected chi connectivity index (χ0v) is 21.8. The third-order valence-electron chi connectivity index (χ3n) is 6.71. The van der Waals surface area contributed by atoms with Crippen molar-refractivity contribution < 1.29 is 6.16 Å². The van der Waals surface area contributed by atoms with Crippen LogP contribution in [0.5, 0.6) is 5.75 Å². The molecular formula is C29H40N6O. The van der Waals surface area contributed by atoms with Crippen LogP contribution in [-0.4, -0.2) is 62.1 Å². The van der Waals surface area contributed by atoms with Crippen molar-refractivity contribution in [1.29, 1.82) is 0 Å². The standard InChI is InChI=1S/C29H38N6O.H2/c1-20-7-5-8-21(2)27(20)23-17-22(3)28(26(30)18-23)33-29(31)32-24-9-6-10-25(19-24)36-16-15-35-13-11-34(4)12-14-35;/h5-10,17-19H,11-16,30H2,1-4H3,(H3,31,32,33);1H. The number of aliphatic imine (C=N–C) groups is 1. The second kappa shape index (κ2) is 11.5. The average Bonchev–Trinajstić information content (AvgIpc) is 2.83. The molecule has 36 heavy (non-hydrogen) atoms. The van der Waals surface area contributed by atoms with Gasteiger partial charge in [0, 0.05) is 45.9 Å². The van der Waals surface area contributed by atoms with Crippen molar-refractivity contribution in [2.45, 2.75) is 20.8 Å². The van der Waals surface area contributed by atoms with Crippen molar-refractivity contribution >= 4 is 23.0 Å². The zero-order valence-electron chi connectivity index (χ0n) is 21.8. The number of anilines is 2. The van der Waals surface area contributed by atoms with E-state index in [4.69, 9.17) is 16.2 Å². The van der Waals surface area contributed by atoms with Crippen LogP contribution in [0, 0.1) is 20.8 Å². The predicted octanol–water partition coefficient (Wildman–Crippen LogP) is 4.79. The summed E-state index contributed by atoms with van der Waals surface area (Å²) >= 11 is 0. The first-order valence-corrected chi connectivity index (χ1v) is 12.5. The molecule has 0 amide bonds. The fourth-order valence-electron chi connectivity index (χ4n) is 4.70. The molecule has 3 aromatic rings. The van der Waals surface area contributed by atoms with Gasteiger partial charge in [0.1, 0.15) is 12.4 Å². The number of nitrogens with two attached hydrogens (primary N) is 2. The number of ether oxygens (including phenoxy) is 1. The van der Waals surface area contributed by atoms with E-state index < -0.39 is 0 Å². The minimum absolute atomic E-state index is 0. The number of nitrogens with one attached hydrogen (secondary N) is 1. The molecule has 1 saturated heterocycles. The van der Waals surface area contributed by atoms with E-state index in [0.717, 1.165) is 55.3 Å². The molecule has 0 atom stereocenters.